The van der Waals surface area contributed by atoms with Gasteiger partial charge >= 0.3 is 0 Å². The summed E-state index contributed by atoms with van der Waals surface area (Å²) in [7, 11) is -3.15. The molecule has 3 heterocycles. The molecular weight excluding hydrogens is 694 g/mol. The van der Waals surface area contributed by atoms with E-state index in [9.17, 15) is 9.00 Å². The molecule has 6 rings (SSSR count). The van der Waals surface area contributed by atoms with Crippen LogP contribution in [0.5, 0.6) is 5.75 Å². The first-order valence-electron chi connectivity index (χ1n) is 19.3. The highest BCUT2D eigenvalue weighted by Crippen LogP contribution is 2.37. The Hall–Kier alpha value is -3.18. The summed E-state index contributed by atoms with van der Waals surface area (Å²) in [5.41, 5.74) is 4.56. The third kappa shape index (κ3) is 10.3. The molecule has 1 unspecified atom stereocenters. The largest absolute Gasteiger partial charge is 0.491 e. The van der Waals surface area contributed by atoms with Gasteiger partial charge < -0.3 is 14.4 Å². The van der Waals surface area contributed by atoms with Crippen molar-refractivity contribution in [3.05, 3.63) is 88.2 Å². The summed E-state index contributed by atoms with van der Waals surface area (Å²) in [6.07, 6.45) is 15.0. The van der Waals surface area contributed by atoms with E-state index in [0.29, 0.717) is 37.6 Å². The van der Waals surface area contributed by atoms with E-state index in [1.165, 1.54) is 24.0 Å². The lowest BCUT2D eigenvalue weighted by Crippen LogP contribution is -2.37. The SMILES string of the molecule is CC[C@H]1[C@@H](OCC2CC2)/C=C/C[C@H](C)CS(=O)(NCc2cnn(CC)c2)=NC(=O)c2ccc3c(c2)N(Cc2ccc(Cl)cc2CCCCO3)C[C@@H]1C. The maximum atomic E-state index is 14.6. The van der Waals surface area contributed by atoms with E-state index in [-0.39, 0.29) is 29.6 Å². The van der Waals surface area contributed by atoms with Gasteiger partial charge in [0.1, 0.15) is 15.7 Å². The van der Waals surface area contributed by atoms with Gasteiger partial charge in [0.15, 0.2) is 0 Å². The van der Waals surface area contributed by atoms with Gasteiger partial charge in [0.05, 0.1) is 31.2 Å². The maximum Gasteiger partial charge on any atom is 0.286 e. The zero-order chi connectivity index (χ0) is 36.7. The minimum Gasteiger partial charge on any atom is -0.491 e. The predicted octanol–water partition coefficient (Wildman–Crippen LogP) is 8.64. The Labute approximate surface area is 315 Å². The van der Waals surface area contributed by atoms with Crippen molar-refractivity contribution < 1.29 is 18.5 Å². The molecular formula is C41H56ClN5O4S. The molecule has 3 aromatic rings. The van der Waals surface area contributed by atoms with E-state index in [1.807, 2.05) is 36.0 Å². The minimum absolute atomic E-state index is 0.00512. The van der Waals surface area contributed by atoms with Gasteiger partial charge in [-0.2, -0.15) is 5.10 Å². The van der Waals surface area contributed by atoms with Gasteiger partial charge in [-0.05, 0) is 111 Å². The number of allylic oxidation sites excluding steroid dienone is 1. The number of aromatic nitrogens is 2. The standard InChI is InChI=1S/C41H56ClN5O4S/c1-5-37-30(4)24-46-26-35-15-17-36(42)20-33(35)11-7-8-19-50-40-18-16-34(21-38(40)46)41(48)45-52(49,44-23-32-22-43-47(6-2)25-32)28-29(3)10-9-12-39(37)51-27-31-13-14-31/h9,12,15-18,20-22,25,29-31,37,39H,5-8,10-11,13-14,19,23-24,26-28H2,1-4H3,(H,44,45,48,49)/b12-9+/t29-,30-,37+,39-,52?/m0/s1. The van der Waals surface area contributed by atoms with Crippen molar-refractivity contribution in [2.75, 3.05) is 30.4 Å². The van der Waals surface area contributed by atoms with Crippen LogP contribution < -0.4 is 14.4 Å². The van der Waals surface area contributed by atoms with Crippen LogP contribution in [0.15, 0.2) is 65.3 Å². The second-order valence-electron chi connectivity index (χ2n) is 15.1. The van der Waals surface area contributed by atoms with Gasteiger partial charge in [0.25, 0.3) is 5.91 Å². The first kappa shape index (κ1) is 38.5. The van der Waals surface area contributed by atoms with E-state index in [1.54, 1.807) is 12.3 Å². The van der Waals surface area contributed by atoms with Crippen molar-refractivity contribution in [2.24, 2.45) is 28.0 Å². The molecule has 11 heteroatoms. The van der Waals surface area contributed by atoms with Crippen LogP contribution in [0.4, 0.5) is 5.69 Å². The fourth-order valence-corrected chi connectivity index (χ4v) is 9.55. The number of amides is 1. The number of rotatable bonds is 8. The number of carbonyl (C=O) groups is 1. The first-order valence-corrected chi connectivity index (χ1v) is 21.3. The topological polar surface area (TPSA) is 98.0 Å². The summed E-state index contributed by atoms with van der Waals surface area (Å²) in [4.78, 5) is 16.4. The highest BCUT2D eigenvalue weighted by atomic mass is 35.5. The smallest absolute Gasteiger partial charge is 0.286 e. The summed E-state index contributed by atoms with van der Waals surface area (Å²) in [6, 6.07) is 11.7. The number of carbonyl (C=O) groups excluding carboxylic acids is 1. The third-order valence-electron chi connectivity index (χ3n) is 10.6. The molecule has 1 aromatic heterocycles. The normalized spacial score (nSPS) is 26.8. The van der Waals surface area contributed by atoms with Gasteiger partial charge in [-0.25, -0.2) is 8.93 Å². The zero-order valence-corrected chi connectivity index (χ0v) is 32.8. The Balaban J connectivity index is 1.43. The van der Waals surface area contributed by atoms with Crippen LogP contribution in [0.2, 0.25) is 5.02 Å². The minimum atomic E-state index is -3.15. The Morgan fingerprint density at radius 2 is 1.94 bits per heavy atom. The molecule has 3 aliphatic rings. The average Bonchev–Trinajstić information content (AvgIpc) is 3.84. The first-order chi connectivity index (χ1) is 25.1. The molecule has 1 fully saturated rings. The summed E-state index contributed by atoms with van der Waals surface area (Å²) < 4.78 is 37.3. The number of ether oxygens (including phenoxy) is 2. The van der Waals surface area contributed by atoms with E-state index in [2.05, 4.69) is 64.1 Å². The van der Waals surface area contributed by atoms with Gasteiger partial charge in [-0.15, -0.1) is 4.36 Å². The number of benzene rings is 2. The predicted molar refractivity (Wildman–Crippen MR) is 210 cm³/mol. The van der Waals surface area contributed by atoms with E-state index < -0.39 is 15.8 Å². The van der Waals surface area contributed by atoms with Crippen LogP contribution in [-0.2, 0) is 40.7 Å². The number of hydrogen-bond acceptors (Lipinski definition) is 6. The van der Waals surface area contributed by atoms with Crippen molar-refractivity contribution in [3.8, 4) is 5.75 Å². The van der Waals surface area contributed by atoms with Crippen LogP contribution in [0, 0.1) is 23.7 Å². The maximum absolute atomic E-state index is 14.6. The van der Waals surface area contributed by atoms with Crippen molar-refractivity contribution in [2.45, 2.75) is 98.4 Å². The Kier molecular flexibility index (Phi) is 13.2. The third-order valence-corrected chi connectivity index (χ3v) is 13.0. The molecule has 1 saturated carbocycles. The Morgan fingerprint density at radius 3 is 2.71 bits per heavy atom. The fraction of sp³-hybridized carbons (Fsp3) is 0.561. The molecule has 52 heavy (non-hydrogen) atoms. The zero-order valence-electron chi connectivity index (χ0n) is 31.3. The summed E-state index contributed by atoms with van der Waals surface area (Å²) >= 11 is 6.52. The lowest BCUT2D eigenvalue weighted by molar-refractivity contribution is 0.0197. The molecule has 1 aliphatic carbocycles. The highest BCUT2D eigenvalue weighted by molar-refractivity contribution is 7.92. The van der Waals surface area contributed by atoms with Gasteiger partial charge in [-0.1, -0.05) is 57.0 Å². The fourth-order valence-electron chi connectivity index (χ4n) is 7.43. The lowest BCUT2D eigenvalue weighted by Gasteiger charge is -2.35. The Bertz CT molecular complexity index is 1830. The highest BCUT2D eigenvalue weighted by Gasteiger charge is 2.31. The number of aryl methyl sites for hydroxylation is 2. The van der Waals surface area contributed by atoms with Crippen LogP contribution >= 0.6 is 11.6 Å². The number of fused-ring (bicyclic) bond motifs is 2. The molecule has 0 radical (unpaired) electrons. The molecule has 1 N–H and O–H groups in total. The molecule has 0 spiro atoms. The molecule has 1 amide bonds. The summed E-state index contributed by atoms with van der Waals surface area (Å²) in [5, 5.41) is 5.10. The Morgan fingerprint density at radius 1 is 1.10 bits per heavy atom. The van der Waals surface area contributed by atoms with E-state index in [4.69, 9.17) is 21.1 Å². The molecule has 5 atom stereocenters. The second-order valence-corrected chi connectivity index (χ2v) is 17.6. The molecule has 282 valence electrons. The number of nitrogens with zero attached hydrogens (tertiary/aromatic N) is 4. The molecule has 2 aliphatic heterocycles. The van der Waals surface area contributed by atoms with Gasteiger partial charge in [0, 0.05) is 54.3 Å². The van der Waals surface area contributed by atoms with Crippen LogP contribution in [0.3, 0.4) is 0 Å². The molecule has 2 aromatic carbocycles. The van der Waals surface area contributed by atoms with Gasteiger partial charge in [-0.3, -0.25) is 9.48 Å². The lowest BCUT2D eigenvalue weighted by atomic mass is 9.85. The van der Waals surface area contributed by atoms with Crippen molar-refractivity contribution in [1.29, 1.82) is 0 Å². The number of hydrogen-bond donors (Lipinski definition) is 1. The van der Waals surface area contributed by atoms with E-state index in [0.717, 1.165) is 67.4 Å². The summed E-state index contributed by atoms with van der Waals surface area (Å²) in [6.45, 7) is 12.4. The number of anilines is 1. The quantitative estimate of drug-likeness (QED) is 0.232. The molecule has 2 bridgehead atoms. The molecule has 9 nitrogen and oxygen atoms in total. The second kappa shape index (κ2) is 17.8. The monoisotopic (exact) mass is 749 g/mol. The average molecular weight is 750 g/mol. The number of nitrogens with one attached hydrogen (secondary N) is 1. The van der Waals surface area contributed by atoms with Crippen molar-refractivity contribution in [1.82, 2.24) is 14.5 Å². The van der Waals surface area contributed by atoms with Crippen molar-refractivity contribution in [3.63, 3.8) is 0 Å². The van der Waals surface area contributed by atoms with Crippen molar-refractivity contribution >= 4 is 33.1 Å². The molecule has 0 saturated heterocycles. The van der Waals surface area contributed by atoms with Crippen LogP contribution in [-0.4, -0.2) is 51.5 Å². The number of halogens is 1. The van der Waals surface area contributed by atoms with Crippen LogP contribution in [0.25, 0.3) is 0 Å². The van der Waals surface area contributed by atoms with Crippen LogP contribution in [0.1, 0.15) is 93.3 Å². The van der Waals surface area contributed by atoms with E-state index >= 15 is 0 Å². The van der Waals surface area contributed by atoms with Gasteiger partial charge in [0.2, 0.25) is 0 Å². The summed E-state index contributed by atoms with van der Waals surface area (Å²) in [5.74, 6) is 1.63.